The van der Waals surface area contributed by atoms with Gasteiger partial charge in [-0.25, -0.2) is 0 Å². The maximum atomic E-state index is 12.4. The Hall–Kier alpha value is -2.89. The van der Waals surface area contributed by atoms with Crippen LogP contribution in [0.5, 0.6) is 5.75 Å². The van der Waals surface area contributed by atoms with Crippen molar-refractivity contribution in [2.45, 2.75) is 31.7 Å². The van der Waals surface area contributed by atoms with E-state index < -0.39 is 0 Å². The first kappa shape index (κ1) is 17.0. The molecule has 130 valence electrons. The molecule has 1 aliphatic rings. The van der Waals surface area contributed by atoms with Gasteiger partial charge in [0.05, 0.1) is 18.4 Å². The average Bonchev–Trinajstić information content (AvgIpc) is 3.45. The Morgan fingerprint density at radius 3 is 2.80 bits per heavy atom. The molecule has 6 heteroatoms. The smallest absolute Gasteiger partial charge is 0.253 e. The third-order valence-electron chi connectivity index (χ3n) is 4.02. The molecular formula is C19H21N3O3. The fourth-order valence-electron chi connectivity index (χ4n) is 2.45. The van der Waals surface area contributed by atoms with E-state index in [1.165, 1.54) is 0 Å². The lowest BCUT2D eigenvalue weighted by Crippen LogP contribution is -2.27. The summed E-state index contributed by atoms with van der Waals surface area (Å²) in [5, 5.41) is 5.77. The van der Waals surface area contributed by atoms with Gasteiger partial charge >= 0.3 is 0 Å². The molecule has 2 N–H and O–H groups in total. The van der Waals surface area contributed by atoms with Crippen LogP contribution in [-0.2, 0) is 11.2 Å². The molecule has 0 saturated heterocycles. The van der Waals surface area contributed by atoms with Crippen molar-refractivity contribution in [3.05, 3.63) is 53.9 Å². The summed E-state index contributed by atoms with van der Waals surface area (Å²) >= 11 is 0. The van der Waals surface area contributed by atoms with Crippen LogP contribution in [-0.4, -0.2) is 29.9 Å². The highest BCUT2D eigenvalue weighted by Crippen LogP contribution is 2.25. The van der Waals surface area contributed by atoms with E-state index in [0.29, 0.717) is 29.8 Å². The van der Waals surface area contributed by atoms with Gasteiger partial charge in [-0.3, -0.25) is 14.6 Å². The zero-order chi connectivity index (χ0) is 17.6. The number of methoxy groups -OCH3 is 1. The second kappa shape index (κ2) is 7.79. The summed E-state index contributed by atoms with van der Waals surface area (Å²) in [5.74, 6) is 0.243. The van der Waals surface area contributed by atoms with E-state index in [9.17, 15) is 9.59 Å². The largest absolute Gasteiger partial charge is 0.497 e. The highest BCUT2D eigenvalue weighted by molar-refractivity contribution is 6.04. The lowest BCUT2D eigenvalue weighted by atomic mass is 10.1. The Balaban J connectivity index is 1.67. The number of carbonyl (C=O) groups is 2. The SMILES string of the molecule is COc1ccc(NC(=O)CCc2cccnc2)c(C(=O)NC2CC2)c1. The van der Waals surface area contributed by atoms with E-state index in [-0.39, 0.29) is 17.9 Å². The van der Waals surface area contributed by atoms with Gasteiger partial charge in [0.25, 0.3) is 5.91 Å². The number of carbonyl (C=O) groups excluding carboxylic acids is 2. The molecule has 0 radical (unpaired) electrons. The van der Waals surface area contributed by atoms with E-state index in [2.05, 4.69) is 15.6 Å². The number of pyridine rings is 1. The van der Waals surface area contributed by atoms with Crippen molar-refractivity contribution in [2.75, 3.05) is 12.4 Å². The molecule has 1 aromatic carbocycles. The molecule has 1 fully saturated rings. The van der Waals surface area contributed by atoms with Gasteiger partial charge in [0.15, 0.2) is 0 Å². The highest BCUT2D eigenvalue weighted by Gasteiger charge is 2.25. The lowest BCUT2D eigenvalue weighted by molar-refractivity contribution is -0.116. The molecule has 6 nitrogen and oxygen atoms in total. The van der Waals surface area contributed by atoms with Gasteiger partial charge in [-0.2, -0.15) is 0 Å². The number of rotatable bonds is 7. The highest BCUT2D eigenvalue weighted by atomic mass is 16.5. The van der Waals surface area contributed by atoms with E-state index in [1.54, 1.807) is 37.7 Å². The zero-order valence-electron chi connectivity index (χ0n) is 14.1. The van der Waals surface area contributed by atoms with Crippen molar-refractivity contribution < 1.29 is 14.3 Å². The molecule has 1 saturated carbocycles. The Kier molecular flexibility index (Phi) is 5.28. The fourth-order valence-corrected chi connectivity index (χ4v) is 2.45. The third-order valence-corrected chi connectivity index (χ3v) is 4.02. The fraction of sp³-hybridized carbons (Fsp3) is 0.316. The standard InChI is InChI=1S/C19H21N3O3/c1-25-15-7-8-17(16(11-15)19(24)21-14-5-6-14)22-18(23)9-4-13-3-2-10-20-12-13/h2-3,7-8,10-12,14H,4-6,9H2,1H3,(H,21,24)(H,22,23). The number of anilines is 1. The summed E-state index contributed by atoms with van der Waals surface area (Å²) in [6.45, 7) is 0. The molecular weight excluding hydrogens is 318 g/mol. The predicted octanol–water partition coefficient (Wildman–Crippen LogP) is 2.55. The first-order valence-corrected chi connectivity index (χ1v) is 8.33. The van der Waals surface area contributed by atoms with Crippen LogP contribution in [0.15, 0.2) is 42.7 Å². The van der Waals surface area contributed by atoms with Gasteiger partial charge in [-0.1, -0.05) is 6.07 Å². The van der Waals surface area contributed by atoms with E-state index in [1.807, 2.05) is 12.1 Å². The molecule has 0 aliphatic heterocycles. The quantitative estimate of drug-likeness (QED) is 0.812. The summed E-state index contributed by atoms with van der Waals surface area (Å²) in [5.41, 5.74) is 1.91. The molecule has 1 aliphatic carbocycles. The minimum absolute atomic E-state index is 0.144. The minimum Gasteiger partial charge on any atom is -0.497 e. The van der Waals surface area contributed by atoms with Crippen LogP contribution in [0, 0.1) is 0 Å². The van der Waals surface area contributed by atoms with Crippen LogP contribution in [0.1, 0.15) is 35.2 Å². The van der Waals surface area contributed by atoms with Crippen LogP contribution >= 0.6 is 0 Å². The monoisotopic (exact) mass is 339 g/mol. The number of aryl methyl sites for hydroxylation is 1. The van der Waals surface area contributed by atoms with Crippen molar-refractivity contribution in [3.63, 3.8) is 0 Å². The topological polar surface area (TPSA) is 80.3 Å². The van der Waals surface area contributed by atoms with Gasteiger partial charge in [0.2, 0.25) is 5.91 Å². The zero-order valence-corrected chi connectivity index (χ0v) is 14.1. The number of nitrogens with zero attached hydrogens (tertiary/aromatic N) is 1. The normalized spacial score (nSPS) is 13.2. The number of nitrogens with one attached hydrogen (secondary N) is 2. The maximum Gasteiger partial charge on any atom is 0.253 e. The summed E-state index contributed by atoms with van der Waals surface area (Å²) in [4.78, 5) is 28.7. The van der Waals surface area contributed by atoms with Crippen molar-refractivity contribution in [2.24, 2.45) is 0 Å². The van der Waals surface area contributed by atoms with Gasteiger partial charge in [-0.15, -0.1) is 0 Å². The summed E-state index contributed by atoms with van der Waals surface area (Å²) in [6.07, 6.45) is 6.37. The van der Waals surface area contributed by atoms with Crippen molar-refractivity contribution in [1.29, 1.82) is 0 Å². The molecule has 2 aromatic rings. The van der Waals surface area contributed by atoms with E-state index in [0.717, 1.165) is 18.4 Å². The molecule has 0 bridgehead atoms. The Morgan fingerprint density at radius 2 is 2.12 bits per heavy atom. The maximum absolute atomic E-state index is 12.4. The number of amides is 2. The Bertz CT molecular complexity index is 758. The number of hydrogen-bond donors (Lipinski definition) is 2. The molecule has 2 amide bonds. The van der Waals surface area contributed by atoms with Gasteiger partial charge < -0.3 is 15.4 Å². The molecule has 1 heterocycles. The van der Waals surface area contributed by atoms with Gasteiger partial charge in [0, 0.05) is 24.9 Å². The molecule has 0 atom stereocenters. The summed E-state index contributed by atoms with van der Waals surface area (Å²) < 4.78 is 5.19. The molecule has 0 unspecified atom stereocenters. The average molecular weight is 339 g/mol. The van der Waals surface area contributed by atoms with Crippen LogP contribution in [0.4, 0.5) is 5.69 Å². The minimum atomic E-state index is -0.191. The number of ether oxygens (including phenoxy) is 1. The lowest BCUT2D eigenvalue weighted by Gasteiger charge is -2.13. The first-order valence-electron chi connectivity index (χ1n) is 8.33. The van der Waals surface area contributed by atoms with Crippen molar-refractivity contribution >= 4 is 17.5 Å². The van der Waals surface area contributed by atoms with Crippen LogP contribution in [0.3, 0.4) is 0 Å². The van der Waals surface area contributed by atoms with Gasteiger partial charge in [0.1, 0.15) is 5.75 Å². The number of aromatic nitrogens is 1. The predicted molar refractivity (Wildman–Crippen MR) is 94.7 cm³/mol. The van der Waals surface area contributed by atoms with E-state index in [4.69, 9.17) is 4.74 Å². The Labute approximate surface area is 146 Å². The molecule has 1 aromatic heterocycles. The molecule has 25 heavy (non-hydrogen) atoms. The summed E-state index contributed by atoms with van der Waals surface area (Å²) in [7, 11) is 1.55. The summed E-state index contributed by atoms with van der Waals surface area (Å²) in [6, 6.07) is 9.09. The van der Waals surface area contributed by atoms with Crippen LogP contribution in [0.2, 0.25) is 0 Å². The van der Waals surface area contributed by atoms with Crippen molar-refractivity contribution in [3.8, 4) is 5.75 Å². The first-order chi connectivity index (χ1) is 12.2. The molecule has 3 rings (SSSR count). The second-order valence-corrected chi connectivity index (χ2v) is 6.07. The Morgan fingerprint density at radius 1 is 1.28 bits per heavy atom. The van der Waals surface area contributed by atoms with Crippen LogP contribution < -0.4 is 15.4 Å². The van der Waals surface area contributed by atoms with Crippen LogP contribution in [0.25, 0.3) is 0 Å². The number of benzene rings is 1. The second-order valence-electron chi connectivity index (χ2n) is 6.07. The molecule has 0 spiro atoms. The van der Waals surface area contributed by atoms with E-state index >= 15 is 0 Å². The third kappa shape index (κ3) is 4.79. The van der Waals surface area contributed by atoms with Gasteiger partial charge in [-0.05, 0) is 49.1 Å². The number of hydrogen-bond acceptors (Lipinski definition) is 4. The van der Waals surface area contributed by atoms with Crippen molar-refractivity contribution in [1.82, 2.24) is 10.3 Å².